The van der Waals surface area contributed by atoms with Crippen LogP contribution in [-0.4, -0.2) is 11.3 Å². The molecule has 1 atom stereocenters. The maximum atomic E-state index is 12.1. The summed E-state index contributed by atoms with van der Waals surface area (Å²) in [6.45, 7) is 0. The number of rotatable bonds is 4. The molecule has 2 rings (SSSR count). The maximum absolute atomic E-state index is 12.1. The monoisotopic (exact) mass is 382 g/mol. The topological polar surface area (TPSA) is 78.4 Å². The number of nitrogens with two attached hydrogens (primary N) is 1. The van der Waals surface area contributed by atoms with Crippen LogP contribution in [0.5, 0.6) is 5.75 Å². The zero-order chi connectivity index (χ0) is 17.2. The first-order valence-corrected chi connectivity index (χ1v) is 6.60. The predicted octanol–water partition coefficient (Wildman–Crippen LogP) is 4.62. The Morgan fingerprint density at radius 3 is 2.17 bits per heavy atom. The van der Waals surface area contributed by atoms with E-state index in [2.05, 4.69) is 4.74 Å². The van der Waals surface area contributed by atoms with Crippen molar-refractivity contribution in [3.8, 4) is 5.75 Å². The van der Waals surface area contributed by atoms with Crippen molar-refractivity contribution in [2.75, 3.05) is 0 Å². The van der Waals surface area contributed by atoms with E-state index in [0.717, 1.165) is 12.1 Å². The van der Waals surface area contributed by atoms with E-state index in [1.807, 2.05) is 0 Å². The zero-order valence-electron chi connectivity index (χ0n) is 11.8. The summed E-state index contributed by atoms with van der Waals surface area (Å²) >= 11 is 5.72. The molecule has 0 bridgehead atoms. The Kier molecular flexibility index (Phi) is 6.42. The molecule has 0 aliphatic rings. The molecule has 10 heteroatoms. The maximum Gasteiger partial charge on any atom is 0.573 e. The lowest BCUT2D eigenvalue weighted by molar-refractivity contribution is -0.384. The summed E-state index contributed by atoms with van der Waals surface area (Å²) in [5.41, 5.74) is 6.57. The van der Waals surface area contributed by atoms with Gasteiger partial charge in [-0.15, -0.1) is 25.6 Å². The van der Waals surface area contributed by atoms with Crippen molar-refractivity contribution < 1.29 is 22.8 Å². The van der Waals surface area contributed by atoms with Crippen LogP contribution < -0.4 is 10.5 Å². The van der Waals surface area contributed by atoms with E-state index in [4.69, 9.17) is 17.3 Å². The van der Waals surface area contributed by atoms with Crippen molar-refractivity contribution in [1.82, 2.24) is 0 Å². The van der Waals surface area contributed by atoms with Crippen LogP contribution in [0, 0.1) is 10.1 Å². The fourth-order valence-electron chi connectivity index (χ4n) is 1.93. The molecule has 0 heterocycles. The highest BCUT2D eigenvalue weighted by Crippen LogP contribution is 2.30. The van der Waals surface area contributed by atoms with Crippen molar-refractivity contribution in [3.05, 3.63) is 68.7 Å². The van der Waals surface area contributed by atoms with E-state index in [1.54, 1.807) is 0 Å². The second-order valence-electron chi connectivity index (χ2n) is 4.56. The van der Waals surface area contributed by atoms with Crippen LogP contribution in [0.2, 0.25) is 5.02 Å². The summed E-state index contributed by atoms with van der Waals surface area (Å²) in [7, 11) is 0. The van der Waals surface area contributed by atoms with Gasteiger partial charge in [0.2, 0.25) is 0 Å². The highest BCUT2D eigenvalue weighted by atomic mass is 35.5. The smallest absolute Gasteiger partial charge is 0.406 e. The van der Waals surface area contributed by atoms with E-state index in [1.165, 1.54) is 30.3 Å². The highest BCUT2D eigenvalue weighted by Gasteiger charge is 2.31. The predicted molar refractivity (Wildman–Crippen MR) is 84.5 cm³/mol. The van der Waals surface area contributed by atoms with Crippen molar-refractivity contribution in [1.29, 1.82) is 0 Å². The molecule has 5 nitrogen and oxygen atoms in total. The summed E-state index contributed by atoms with van der Waals surface area (Å²) < 4.78 is 40.1. The molecule has 0 saturated carbocycles. The highest BCUT2D eigenvalue weighted by molar-refractivity contribution is 6.32. The average molecular weight is 383 g/mol. The van der Waals surface area contributed by atoms with Gasteiger partial charge in [0.25, 0.3) is 5.69 Å². The van der Waals surface area contributed by atoms with Gasteiger partial charge in [0.1, 0.15) is 10.8 Å². The van der Waals surface area contributed by atoms with E-state index >= 15 is 0 Å². The molecule has 130 valence electrons. The number of hydrogen-bond donors (Lipinski definition) is 1. The van der Waals surface area contributed by atoms with E-state index < -0.39 is 17.3 Å². The third-order valence-electron chi connectivity index (χ3n) is 3.00. The van der Waals surface area contributed by atoms with Crippen LogP contribution in [0.4, 0.5) is 18.9 Å². The van der Waals surface area contributed by atoms with Crippen LogP contribution in [0.1, 0.15) is 17.2 Å². The van der Waals surface area contributed by atoms with E-state index in [9.17, 15) is 23.3 Å². The molecule has 2 aromatic rings. The van der Waals surface area contributed by atoms with Gasteiger partial charge in [-0.1, -0.05) is 29.8 Å². The number of halogens is 5. The second-order valence-corrected chi connectivity index (χ2v) is 4.97. The van der Waals surface area contributed by atoms with Crippen molar-refractivity contribution in [3.63, 3.8) is 0 Å². The standard InChI is InChI=1S/C14H10ClF3N2O3.ClH/c15-11-6-3-9(7-12(11)20(21)22)13(19)8-1-4-10(5-2-8)23-14(16,17)18;/h1-7,13H,19H2;1H/t13-;/m1./s1. The molecule has 0 spiro atoms. The molecular formula is C14H11Cl2F3N2O3. The minimum atomic E-state index is -4.78. The van der Waals surface area contributed by atoms with E-state index in [0.29, 0.717) is 11.1 Å². The first-order chi connectivity index (χ1) is 10.7. The normalized spacial score (nSPS) is 12.2. The Morgan fingerprint density at radius 2 is 1.67 bits per heavy atom. The van der Waals surface area contributed by atoms with Gasteiger partial charge in [0.05, 0.1) is 11.0 Å². The van der Waals surface area contributed by atoms with Gasteiger partial charge < -0.3 is 10.5 Å². The van der Waals surface area contributed by atoms with Crippen molar-refractivity contribution in [2.45, 2.75) is 12.4 Å². The molecular weight excluding hydrogens is 372 g/mol. The molecule has 0 saturated heterocycles. The van der Waals surface area contributed by atoms with Gasteiger partial charge in [-0.3, -0.25) is 10.1 Å². The number of hydrogen-bond acceptors (Lipinski definition) is 4. The summed E-state index contributed by atoms with van der Waals surface area (Å²) in [6.07, 6.45) is -4.78. The molecule has 2 N–H and O–H groups in total. The third-order valence-corrected chi connectivity index (χ3v) is 3.32. The van der Waals surface area contributed by atoms with Gasteiger partial charge >= 0.3 is 6.36 Å². The molecule has 24 heavy (non-hydrogen) atoms. The Morgan fingerprint density at radius 1 is 1.12 bits per heavy atom. The lowest BCUT2D eigenvalue weighted by Crippen LogP contribution is -2.17. The largest absolute Gasteiger partial charge is 0.573 e. The molecule has 0 aliphatic heterocycles. The average Bonchev–Trinajstić information content (AvgIpc) is 2.46. The van der Waals surface area contributed by atoms with Crippen LogP contribution in [-0.2, 0) is 0 Å². The van der Waals surface area contributed by atoms with Crippen LogP contribution in [0.15, 0.2) is 42.5 Å². The van der Waals surface area contributed by atoms with Crippen molar-refractivity contribution in [2.24, 2.45) is 5.73 Å². The lowest BCUT2D eigenvalue weighted by atomic mass is 9.99. The fourth-order valence-corrected chi connectivity index (χ4v) is 2.12. The summed E-state index contributed by atoms with van der Waals surface area (Å²) in [5.74, 6) is -0.379. The SMILES string of the molecule is Cl.N[C@H](c1ccc(OC(F)(F)F)cc1)c1ccc(Cl)c([N+](=O)[O-])c1. The fraction of sp³-hybridized carbons (Fsp3) is 0.143. The number of nitro benzene ring substituents is 1. The summed E-state index contributed by atoms with van der Waals surface area (Å²) in [5, 5.41) is 10.8. The summed E-state index contributed by atoms with van der Waals surface area (Å²) in [4.78, 5) is 10.2. The number of benzene rings is 2. The first-order valence-electron chi connectivity index (χ1n) is 6.22. The Labute approximate surface area is 145 Å². The number of ether oxygens (including phenoxy) is 1. The van der Waals surface area contributed by atoms with Crippen LogP contribution in [0.3, 0.4) is 0 Å². The quantitative estimate of drug-likeness (QED) is 0.618. The van der Waals surface area contributed by atoms with Gasteiger partial charge in [0, 0.05) is 6.07 Å². The Hall–Kier alpha value is -2.03. The Bertz CT molecular complexity index is 724. The van der Waals surface area contributed by atoms with Gasteiger partial charge in [-0.25, -0.2) is 0 Å². The zero-order valence-corrected chi connectivity index (χ0v) is 13.4. The van der Waals surface area contributed by atoms with Gasteiger partial charge in [0.15, 0.2) is 0 Å². The molecule has 0 fully saturated rings. The molecule has 0 radical (unpaired) electrons. The first kappa shape index (κ1) is 20.0. The van der Waals surface area contributed by atoms with Gasteiger partial charge in [-0.2, -0.15) is 0 Å². The molecule has 0 unspecified atom stereocenters. The summed E-state index contributed by atoms with van der Waals surface area (Å²) in [6, 6.07) is 8.27. The van der Waals surface area contributed by atoms with E-state index in [-0.39, 0.29) is 28.9 Å². The van der Waals surface area contributed by atoms with Crippen LogP contribution >= 0.6 is 24.0 Å². The lowest BCUT2D eigenvalue weighted by Gasteiger charge is -2.14. The Balaban J connectivity index is 0.00000288. The molecule has 0 aromatic heterocycles. The third kappa shape index (κ3) is 4.98. The minimum absolute atomic E-state index is 0. The number of nitrogens with zero attached hydrogens (tertiary/aromatic N) is 1. The minimum Gasteiger partial charge on any atom is -0.406 e. The second kappa shape index (κ2) is 7.69. The molecule has 0 aliphatic carbocycles. The van der Waals surface area contributed by atoms with Gasteiger partial charge in [-0.05, 0) is 29.3 Å². The van der Waals surface area contributed by atoms with Crippen molar-refractivity contribution >= 4 is 29.7 Å². The number of nitro groups is 1. The number of alkyl halides is 3. The molecule has 2 aromatic carbocycles. The van der Waals surface area contributed by atoms with Crippen LogP contribution in [0.25, 0.3) is 0 Å². The molecule has 0 amide bonds.